The molecule has 3 heterocycles. The number of anilines is 1. The number of hydrogen-bond acceptors (Lipinski definition) is 5. The maximum atomic E-state index is 13.8. The van der Waals surface area contributed by atoms with Crippen molar-refractivity contribution in [3.63, 3.8) is 0 Å². The number of carbonyl (C=O) groups is 1. The molecule has 6 nitrogen and oxygen atoms in total. The van der Waals surface area contributed by atoms with E-state index in [9.17, 15) is 9.18 Å². The zero-order chi connectivity index (χ0) is 17.9. The minimum atomic E-state index is -0.394. The van der Waals surface area contributed by atoms with Crippen LogP contribution in [-0.2, 0) is 0 Å². The number of rotatable bonds is 4. The molecule has 8 heteroatoms. The molecular formula is C18H18FN5OS. The molecule has 0 saturated carbocycles. The molecule has 3 aromatic rings. The van der Waals surface area contributed by atoms with Crippen molar-refractivity contribution < 1.29 is 9.18 Å². The first-order valence-electron chi connectivity index (χ1n) is 8.49. The monoisotopic (exact) mass is 371 g/mol. The van der Waals surface area contributed by atoms with Gasteiger partial charge in [0.15, 0.2) is 10.8 Å². The number of benzene rings is 1. The van der Waals surface area contributed by atoms with E-state index in [1.807, 2.05) is 6.20 Å². The van der Waals surface area contributed by atoms with Gasteiger partial charge in [-0.3, -0.25) is 10.1 Å². The van der Waals surface area contributed by atoms with E-state index in [0.29, 0.717) is 16.7 Å². The molecule has 0 aliphatic carbocycles. The standard InChI is InChI=1S/C18H18FN5OS/c19-13-3-1-2-4-15(13)24-10-7-14(23-24)17(25)22-18-21-11-16(26-18)12-5-8-20-9-6-12/h1-4,7,10-12,20H,5-6,8-9H2,(H,21,22,25). The number of para-hydroxylation sites is 1. The molecule has 1 fully saturated rings. The van der Waals surface area contributed by atoms with Crippen LogP contribution in [0.4, 0.5) is 9.52 Å². The van der Waals surface area contributed by atoms with E-state index in [2.05, 4.69) is 20.7 Å². The molecule has 0 radical (unpaired) electrons. The summed E-state index contributed by atoms with van der Waals surface area (Å²) < 4.78 is 15.2. The smallest absolute Gasteiger partial charge is 0.277 e. The minimum Gasteiger partial charge on any atom is -0.317 e. The lowest BCUT2D eigenvalue weighted by atomic mass is 9.97. The Morgan fingerprint density at radius 3 is 2.88 bits per heavy atom. The van der Waals surface area contributed by atoms with Gasteiger partial charge in [0.25, 0.3) is 5.91 Å². The predicted molar refractivity (Wildman–Crippen MR) is 98.4 cm³/mol. The SMILES string of the molecule is O=C(Nc1ncc(C2CCNCC2)s1)c1ccn(-c2ccccc2F)n1. The molecule has 1 amide bonds. The van der Waals surface area contributed by atoms with Crippen LogP contribution < -0.4 is 10.6 Å². The zero-order valence-corrected chi connectivity index (χ0v) is 14.8. The lowest BCUT2D eigenvalue weighted by molar-refractivity contribution is 0.102. The molecule has 0 atom stereocenters. The summed E-state index contributed by atoms with van der Waals surface area (Å²) in [5.41, 5.74) is 0.515. The number of nitrogens with one attached hydrogen (secondary N) is 2. The second-order valence-corrected chi connectivity index (χ2v) is 7.21. The fourth-order valence-electron chi connectivity index (χ4n) is 3.02. The van der Waals surface area contributed by atoms with Crippen molar-refractivity contribution in [2.75, 3.05) is 18.4 Å². The van der Waals surface area contributed by atoms with Gasteiger partial charge in [0, 0.05) is 17.3 Å². The van der Waals surface area contributed by atoms with Gasteiger partial charge in [0.1, 0.15) is 11.5 Å². The molecule has 0 bridgehead atoms. The Kier molecular flexibility index (Phi) is 4.77. The number of nitrogens with zero attached hydrogens (tertiary/aromatic N) is 3. The maximum Gasteiger partial charge on any atom is 0.277 e. The van der Waals surface area contributed by atoms with Crippen molar-refractivity contribution >= 4 is 22.4 Å². The summed E-state index contributed by atoms with van der Waals surface area (Å²) in [4.78, 5) is 17.9. The second kappa shape index (κ2) is 7.35. The van der Waals surface area contributed by atoms with Gasteiger partial charge in [-0.2, -0.15) is 5.10 Å². The molecule has 1 aromatic carbocycles. The average molecular weight is 371 g/mol. The van der Waals surface area contributed by atoms with E-state index in [0.717, 1.165) is 25.9 Å². The molecule has 2 N–H and O–H groups in total. The highest BCUT2D eigenvalue weighted by Crippen LogP contribution is 2.31. The number of thiazole rings is 1. The van der Waals surface area contributed by atoms with E-state index >= 15 is 0 Å². The molecule has 0 unspecified atom stereocenters. The zero-order valence-electron chi connectivity index (χ0n) is 14.0. The van der Waals surface area contributed by atoms with Crippen molar-refractivity contribution in [2.45, 2.75) is 18.8 Å². The first-order valence-corrected chi connectivity index (χ1v) is 9.31. The number of hydrogen-bond donors (Lipinski definition) is 2. The maximum absolute atomic E-state index is 13.8. The van der Waals surface area contributed by atoms with Gasteiger partial charge >= 0.3 is 0 Å². The van der Waals surface area contributed by atoms with Crippen LogP contribution in [0.3, 0.4) is 0 Å². The largest absolute Gasteiger partial charge is 0.317 e. The molecule has 1 saturated heterocycles. The summed E-state index contributed by atoms with van der Waals surface area (Å²) in [5.74, 6) is -0.250. The molecule has 1 aliphatic rings. The van der Waals surface area contributed by atoms with Gasteiger partial charge in [0.05, 0.1) is 0 Å². The van der Waals surface area contributed by atoms with E-state index in [-0.39, 0.29) is 11.6 Å². The number of carbonyl (C=O) groups excluding carboxylic acids is 1. The highest BCUT2D eigenvalue weighted by Gasteiger charge is 2.19. The van der Waals surface area contributed by atoms with Crippen LogP contribution in [0.1, 0.15) is 34.1 Å². The van der Waals surface area contributed by atoms with Crippen molar-refractivity contribution in [3.05, 3.63) is 59.1 Å². The van der Waals surface area contributed by atoms with Gasteiger partial charge in [-0.1, -0.05) is 12.1 Å². The average Bonchev–Trinajstić information content (AvgIpc) is 3.33. The third-order valence-electron chi connectivity index (χ3n) is 4.41. The predicted octanol–water partition coefficient (Wildman–Crippen LogP) is 3.19. The molecule has 1 aliphatic heterocycles. The van der Waals surface area contributed by atoms with Gasteiger partial charge in [-0.05, 0) is 50.0 Å². The number of aromatic nitrogens is 3. The molecule has 2 aromatic heterocycles. The van der Waals surface area contributed by atoms with Crippen LogP contribution in [-0.4, -0.2) is 33.8 Å². The van der Waals surface area contributed by atoms with Crippen LogP contribution in [0, 0.1) is 5.82 Å². The molecule has 26 heavy (non-hydrogen) atoms. The van der Waals surface area contributed by atoms with Crippen LogP contribution >= 0.6 is 11.3 Å². The van der Waals surface area contributed by atoms with E-state index in [1.54, 1.807) is 30.5 Å². The summed E-state index contributed by atoms with van der Waals surface area (Å²) in [7, 11) is 0. The van der Waals surface area contributed by atoms with E-state index < -0.39 is 5.82 Å². The highest BCUT2D eigenvalue weighted by atomic mass is 32.1. The highest BCUT2D eigenvalue weighted by molar-refractivity contribution is 7.15. The van der Waals surface area contributed by atoms with E-state index in [4.69, 9.17) is 0 Å². The minimum absolute atomic E-state index is 0.215. The Labute approximate surface area is 154 Å². The fourth-order valence-corrected chi connectivity index (χ4v) is 4.00. The molecule has 4 rings (SSSR count). The van der Waals surface area contributed by atoms with Gasteiger partial charge in [-0.15, -0.1) is 11.3 Å². The summed E-state index contributed by atoms with van der Waals surface area (Å²) >= 11 is 1.50. The van der Waals surface area contributed by atoms with Gasteiger partial charge in [0.2, 0.25) is 0 Å². The Morgan fingerprint density at radius 2 is 2.08 bits per heavy atom. The van der Waals surface area contributed by atoms with Crippen molar-refractivity contribution in [1.29, 1.82) is 0 Å². The van der Waals surface area contributed by atoms with Crippen molar-refractivity contribution in [2.24, 2.45) is 0 Å². The Hall–Kier alpha value is -2.58. The Morgan fingerprint density at radius 1 is 1.27 bits per heavy atom. The number of piperidine rings is 1. The van der Waals surface area contributed by atoms with Crippen LogP contribution in [0.2, 0.25) is 0 Å². The Bertz CT molecular complexity index is 916. The molecule has 134 valence electrons. The summed E-state index contributed by atoms with van der Waals surface area (Å²) in [6.45, 7) is 2.02. The third-order valence-corrected chi connectivity index (χ3v) is 5.48. The van der Waals surface area contributed by atoms with Crippen molar-refractivity contribution in [1.82, 2.24) is 20.1 Å². The lowest BCUT2D eigenvalue weighted by Crippen LogP contribution is -2.26. The Balaban J connectivity index is 1.46. The molecular weight excluding hydrogens is 353 g/mol. The topological polar surface area (TPSA) is 71.8 Å². The third kappa shape index (κ3) is 3.51. The molecule has 0 spiro atoms. The summed E-state index contributed by atoms with van der Waals surface area (Å²) in [5, 5.41) is 10.8. The summed E-state index contributed by atoms with van der Waals surface area (Å²) in [6, 6.07) is 7.85. The second-order valence-electron chi connectivity index (χ2n) is 6.14. The first-order chi connectivity index (χ1) is 12.7. The number of halogens is 1. The fraction of sp³-hybridized carbons (Fsp3) is 0.278. The number of amides is 1. The lowest BCUT2D eigenvalue weighted by Gasteiger charge is -2.20. The first kappa shape index (κ1) is 16.9. The van der Waals surface area contributed by atoms with Crippen LogP contribution in [0.15, 0.2) is 42.7 Å². The van der Waals surface area contributed by atoms with Crippen LogP contribution in [0.25, 0.3) is 5.69 Å². The summed E-state index contributed by atoms with van der Waals surface area (Å²) in [6.07, 6.45) is 5.58. The van der Waals surface area contributed by atoms with Crippen LogP contribution in [0.5, 0.6) is 0 Å². The normalized spacial score (nSPS) is 15.1. The van der Waals surface area contributed by atoms with E-state index in [1.165, 1.54) is 27.0 Å². The van der Waals surface area contributed by atoms with Gasteiger partial charge < -0.3 is 5.32 Å². The van der Waals surface area contributed by atoms with Crippen molar-refractivity contribution in [3.8, 4) is 5.69 Å². The van der Waals surface area contributed by atoms with Gasteiger partial charge in [-0.25, -0.2) is 14.1 Å². The quantitative estimate of drug-likeness (QED) is 0.739.